The van der Waals surface area contributed by atoms with Crippen molar-refractivity contribution >= 4 is 19.9 Å². The zero-order valence-electron chi connectivity index (χ0n) is 13.2. The molecule has 0 N–H and O–H groups in total. The van der Waals surface area contributed by atoms with Crippen LogP contribution in [0.3, 0.4) is 0 Å². The molecule has 3 heterocycles. The van der Waals surface area contributed by atoms with Gasteiger partial charge >= 0.3 is 0 Å². The van der Waals surface area contributed by atoms with Gasteiger partial charge in [-0.05, 0) is 31.1 Å². The van der Waals surface area contributed by atoms with Crippen LogP contribution in [0.4, 0.5) is 0 Å². The molecule has 128 valence electrons. The number of sulfonamides is 1. The Morgan fingerprint density at radius 3 is 2.27 bits per heavy atom. The molecule has 3 aliphatic heterocycles. The number of rotatable bonds is 3. The molecule has 2 atom stereocenters. The van der Waals surface area contributed by atoms with Crippen molar-refractivity contribution in [3.05, 3.63) is 0 Å². The molecule has 8 heteroatoms. The maximum Gasteiger partial charge on any atom is 0.217 e. The average Bonchev–Trinajstić information content (AvgIpc) is 2.89. The fraction of sp³-hybridized carbons (Fsp3) is 1.00. The third-order valence-electron chi connectivity index (χ3n) is 5.24. The van der Waals surface area contributed by atoms with E-state index in [2.05, 4.69) is 13.8 Å². The smallest absolute Gasteiger partial charge is 0.217 e. The second kappa shape index (κ2) is 5.43. The van der Waals surface area contributed by atoms with Crippen molar-refractivity contribution in [3.8, 4) is 0 Å². The van der Waals surface area contributed by atoms with Crippen molar-refractivity contribution in [3.63, 3.8) is 0 Å². The minimum Gasteiger partial charge on any atom is -0.377 e. The summed E-state index contributed by atoms with van der Waals surface area (Å²) in [5, 5.41) is -0.559. The maximum atomic E-state index is 12.9. The molecule has 3 aliphatic rings. The van der Waals surface area contributed by atoms with Crippen LogP contribution in [0.5, 0.6) is 0 Å². The van der Waals surface area contributed by atoms with Crippen LogP contribution in [0.25, 0.3) is 0 Å². The van der Waals surface area contributed by atoms with E-state index < -0.39 is 25.1 Å². The molecule has 0 aromatic carbocycles. The first-order chi connectivity index (χ1) is 10.1. The van der Waals surface area contributed by atoms with Crippen molar-refractivity contribution in [2.45, 2.75) is 56.9 Å². The lowest BCUT2D eigenvalue weighted by atomic mass is 9.74. The second-order valence-corrected chi connectivity index (χ2v) is 11.9. The normalized spacial score (nSPS) is 36.1. The summed E-state index contributed by atoms with van der Waals surface area (Å²) >= 11 is 0. The highest BCUT2D eigenvalue weighted by molar-refractivity contribution is 7.92. The number of hydrogen-bond acceptors (Lipinski definition) is 5. The monoisotopic (exact) mass is 351 g/mol. The summed E-state index contributed by atoms with van der Waals surface area (Å²) in [5.41, 5.74) is -0.0805. The molecule has 0 spiro atoms. The zero-order chi connectivity index (χ0) is 16.2. The lowest BCUT2D eigenvalue weighted by Gasteiger charge is -2.56. The summed E-state index contributed by atoms with van der Waals surface area (Å²) in [7, 11) is -6.49. The fourth-order valence-corrected chi connectivity index (χ4v) is 8.27. The van der Waals surface area contributed by atoms with Crippen molar-refractivity contribution < 1.29 is 21.6 Å². The molecule has 0 aromatic rings. The Bertz CT molecular complexity index is 620. The average molecular weight is 351 g/mol. The van der Waals surface area contributed by atoms with Gasteiger partial charge in [-0.15, -0.1) is 0 Å². The third kappa shape index (κ3) is 2.83. The predicted octanol–water partition coefficient (Wildman–Crippen LogP) is 0.783. The van der Waals surface area contributed by atoms with Crippen LogP contribution >= 0.6 is 0 Å². The molecule has 3 rings (SSSR count). The third-order valence-corrected chi connectivity index (χ3v) is 9.28. The number of hydrogen-bond donors (Lipinski definition) is 0. The Morgan fingerprint density at radius 1 is 1.14 bits per heavy atom. The van der Waals surface area contributed by atoms with Gasteiger partial charge in [-0.2, -0.15) is 4.31 Å². The summed E-state index contributed by atoms with van der Waals surface area (Å²) in [6.07, 6.45) is 2.30. The molecule has 6 nitrogen and oxygen atoms in total. The first kappa shape index (κ1) is 16.7. The lowest BCUT2D eigenvalue weighted by molar-refractivity contribution is -0.0716. The van der Waals surface area contributed by atoms with Gasteiger partial charge in [0.25, 0.3) is 0 Å². The van der Waals surface area contributed by atoms with Crippen LogP contribution in [0.15, 0.2) is 0 Å². The molecular formula is C14H25NO5S2. The van der Waals surface area contributed by atoms with Gasteiger partial charge in [0.05, 0.1) is 28.9 Å². The van der Waals surface area contributed by atoms with Gasteiger partial charge in [0.1, 0.15) is 9.84 Å². The fourth-order valence-electron chi connectivity index (χ4n) is 4.02. The topological polar surface area (TPSA) is 80.8 Å². The molecule has 22 heavy (non-hydrogen) atoms. The van der Waals surface area contributed by atoms with E-state index in [1.807, 2.05) is 0 Å². The molecular weight excluding hydrogens is 326 g/mol. The van der Waals surface area contributed by atoms with Crippen molar-refractivity contribution in [2.75, 3.05) is 24.7 Å². The quantitative estimate of drug-likeness (QED) is 0.751. The van der Waals surface area contributed by atoms with Crippen LogP contribution in [0.1, 0.15) is 39.5 Å². The van der Waals surface area contributed by atoms with E-state index in [9.17, 15) is 16.8 Å². The van der Waals surface area contributed by atoms with Gasteiger partial charge in [0, 0.05) is 13.2 Å². The molecule has 0 amide bonds. The lowest BCUT2D eigenvalue weighted by Crippen LogP contribution is -2.69. The molecule has 0 radical (unpaired) electrons. The van der Waals surface area contributed by atoms with E-state index in [0.29, 0.717) is 13.2 Å². The summed E-state index contributed by atoms with van der Waals surface area (Å²) < 4.78 is 56.2. The molecule has 0 aliphatic carbocycles. The van der Waals surface area contributed by atoms with Gasteiger partial charge in [-0.25, -0.2) is 16.8 Å². The Balaban J connectivity index is 1.77. The summed E-state index contributed by atoms with van der Waals surface area (Å²) in [6, 6.07) is -0.112. The van der Waals surface area contributed by atoms with E-state index in [0.717, 1.165) is 12.8 Å². The van der Waals surface area contributed by atoms with Gasteiger partial charge in [0.2, 0.25) is 10.0 Å². The van der Waals surface area contributed by atoms with Crippen molar-refractivity contribution in [1.82, 2.24) is 4.31 Å². The van der Waals surface area contributed by atoms with Crippen LogP contribution < -0.4 is 0 Å². The highest BCUT2D eigenvalue weighted by Gasteiger charge is 2.57. The number of nitrogens with zero attached hydrogens (tertiary/aromatic N) is 1. The summed E-state index contributed by atoms with van der Waals surface area (Å²) in [4.78, 5) is 0. The minimum atomic E-state index is -3.44. The van der Waals surface area contributed by atoms with Crippen LogP contribution in [-0.2, 0) is 24.6 Å². The summed E-state index contributed by atoms with van der Waals surface area (Å²) in [6.45, 7) is 5.36. The molecule has 3 saturated heterocycles. The van der Waals surface area contributed by atoms with E-state index >= 15 is 0 Å². The van der Waals surface area contributed by atoms with E-state index in [1.54, 1.807) is 4.31 Å². The Morgan fingerprint density at radius 2 is 1.77 bits per heavy atom. The maximum absolute atomic E-state index is 12.9. The first-order valence-electron chi connectivity index (χ1n) is 7.96. The summed E-state index contributed by atoms with van der Waals surface area (Å²) in [5.74, 6) is -0.0303. The van der Waals surface area contributed by atoms with Crippen LogP contribution in [0.2, 0.25) is 0 Å². The van der Waals surface area contributed by atoms with E-state index in [-0.39, 0.29) is 41.9 Å². The highest BCUT2D eigenvalue weighted by Crippen LogP contribution is 2.45. The molecule has 0 bridgehead atoms. The standard InChI is InChI=1S/C14H25NO5S2/c1-14(2)10-15(13(14)12-4-3-7-20-12)22(18,19)11-5-8-21(16,17)9-6-11/h11-13H,3-10H2,1-2H3. The SMILES string of the molecule is CC1(C)CN(S(=O)(=O)C2CCS(=O)(=O)CC2)C1C1CCCO1. The van der Waals surface area contributed by atoms with Crippen molar-refractivity contribution in [1.29, 1.82) is 0 Å². The molecule has 2 unspecified atom stereocenters. The minimum absolute atomic E-state index is 0.0152. The Labute approximate surface area is 133 Å². The first-order valence-corrected chi connectivity index (χ1v) is 11.3. The Hall–Kier alpha value is -0.180. The molecule has 0 saturated carbocycles. The number of sulfone groups is 1. The van der Waals surface area contributed by atoms with E-state index in [4.69, 9.17) is 4.74 Å². The second-order valence-electron chi connectivity index (χ2n) is 7.43. The van der Waals surface area contributed by atoms with Gasteiger partial charge in [-0.1, -0.05) is 13.8 Å². The molecule has 0 aromatic heterocycles. The van der Waals surface area contributed by atoms with Crippen LogP contribution in [-0.4, -0.2) is 63.2 Å². The van der Waals surface area contributed by atoms with Gasteiger partial charge in [0.15, 0.2) is 0 Å². The predicted molar refractivity (Wildman–Crippen MR) is 83.8 cm³/mol. The van der Waals surface area contributed by atoms with Crippen molar-refractivity contribution in [2.24, 2.45) is 5.41 Å². The van der Waals surface area contributed by atoms with E-state index in [1.165, 1.54) is 0 Å². The van der Waals surface area contributed by atoms with Gasteiger partial charge in [-0.3, -0.25) is 0 Å². The number of ether oxygens (including phenoxy) is 1. The molecule has 3 fully saturated rings. The van der Waals surface area contributed by atoms with Crippen LogP contribution in [0, 0.1) is 5.41 Å². The highest BCUT2D eigenvalue weighted by atomic mass is 32.2. The Kier molecular flexibility index (Phi) is 4.11. The zero-order valence-corrected chi connectivity index (χ0v) is 14.8. The van der Waals surface area contributed by atoms with Gasteiger partial charge < -0.3 is 4.74 Å². The largest absolute Gasteiger partial charge is 0.377 e.